The molecule has 2 aromatic rings. The Kier molecular flexibility index (Phi) is 8.52. The van der Waals surface area contributed by atoms with Crippen molar-refractivity contribution in [3.05, 3.63) is 65.7 Å². The molecule has 4 rings (SSSR count). The molecule has 1 fully saturated rings. The quantitative estimate of drug-likeness (QED) is 0.308. The first-order valence-electron chi connectivity index (χ1n) is 12.6. The zero-order valence-corrected chi connectivity index (χ0v) is 20.5. The number of aryl methyl sites for hydroxylation is 2. The first kappa shape index (κ1) is 26.3. The Hall–Kier alpha value is -3.76. The number of fused-ring (bicyclic) bond motifs is 1. The van der Waals surface area contributed by atoms with Crippen molar-refractivity contribution < 1.29 is 44.8 Å². The molecular weight excluding hydrogens is 478 g/mol. The zero-order chi connectivity index (χ0) is 26.4. The third kappa shape index (κ3) is 6.72. The van der Waals surface area contributed by atoms with Gasteiger partial charge in [0.25, 0.3) is 5.91 Å². The van der Waals surface area contributed by atoms with Gasteiger partial charge in [0.2, 0.25) is 0 Å². The minimum absolute atomic E-state index is 0.233. The second-order valence-electron chi connectivity index (χ2n) is 9.63. The van der Waals surface area contributed by atoms with Gasteiger partial charge in [-0.05, 0) is 30.0 Å². The lowest BCUT2D eigenvalue weighted by molar-refractivity contribution is -0.700. The third-order valence-corrected chi connectivity index (χ3v) is 7.04. The fourth-order valence-corrected chi connectivity index (χ4v) is 5.10. The summed E-state index contributed by atoms with van der Waals surface area (Å²) in [4.78, 5) is 51.0. The first-order valence-corrected chi connectivity index (χ1v) is 12.6. The summed E-state index contributed by atoms with van der Waals surface area (Å²) in [5.41, 5.74) is 2.51. The zero-order valence-electron chi connectivity index (χ0n) is 20.5. The summed E-state index contributed by atoms with van der Waals surface area (Å²) in [7, 11) is 0. The van der Waals surface area contributed by atoms with Gasteiger partial charge in [0.15, 0.2) is 24.2 Å². The van der Waals surface area contributed by atoms with Crippen LogP contribution in [0.5, 0.6) is 0 Å². The Morgan fingerprint density at radius 2 is 1.81 bits per heavy atom. The highest BCUT2D eigenvalue weighted by molar-refractivity contribution is 6.01. The minimum atomic E-state index is -1.12. The van der Waals surface area contributed by atoms with E-state index in [1.165, 1.54) is 4.90 Å². The average molecular weight is 512 g/mol. The van der Waals surface area contributed by atoms with Crippen LogP contribution in [0.2, 0.25) is 0 Å². The Bertz CT molecular complexity index is 1140. The Balaban J connectivity index is 1.52. The Morgan fingerprint density at radius 3 is 2.51 bits per heavy atom. The topological polar surface area (TPSA) is 154 Å². The van der Waals surface area contributed by atoms with Crippen LogP contribution in [-0.4, -0.2) is 71.3 Å². The van der Waals surface area contributed by atoms with Gasteiger partial charge in [-0.3, -0.25) is 14.5 Å². The molecule has 2 aromatic carbocycles. The summed E-state index contributed by atoms with van der Waals surface area (Å²) >= 11 is 0. The highest BCUT2D eigenvalue weighted by Crippen LogP contribution is 2.26. The van der Waals surface area contributed by atoms with Crippen molar-refractivity contribution in [2.24, 2.45) is 0 Å². The van der Waals surface area contributed by atoms with Crippen LogP contribution in [0.15, 0.2) is 54.6 Å². The standard InChI is InChI=1S/C27H31N3O7/c31-24(32)16-30-23-9-5-4-8-18(23)11-13-20(25(30)33)29-21(12-10-17-6-2-1-3-7-17)27(36)37-19-14-22(26(34)35)28-15-19/h1-9,19-22,28-29H,10-16H2,(H,31,32)(H,34,35)/p+2/t19-,20-,21+,22+/m1/s1. The van der Waals surface area contributed by atoms with Gasteiger partial charge < -0.3 is 25.6 Å². The van der Waals surface area contributed by atoms with Crippen molar-refractivity contribution in [1.82, 2.24) is 0 Å². The monoisotopic (exact) mass is 511 g/mol. The van der Waals surface area contributed by atoms with E-state index in [4.69, 9.17) is 4.74 Å². The van der Waals surface area contributed by atoms with E-state index in [0.29, 0.717) is 37.9 Å². The molecule has 2 heterocycles. The van der Waals surface area contributed by atoms with E-state index in [2.05, 4.69) is 0 Å². The molecule has 196 valence electrons. The number of nitrogens with zero attached hydrogens (tertiary/aromatic N) is 1. The molecule has 6 N–H and O–H groups in total. The molecule has 0 aliphatic carbocycles. The van der Waals surface area contributed by atoms with E-state index in [-0.39, 0.29) is 12.3 Å². The van der Waals surface area contributed by atoms with Crippen LogP contribution in [0.3, 0.4) is 0 Å². The molecule has 37 heavy (non-hydrogen) atoms. The molecule has 0 saturated carbocycles. The molecule has 0 spiro atoms. The van der Waals surface area contributed by atoms with Crippen LogP contribution < -0.4 is 15.5 Å². The number of carbonyl (C=O) groups excluding carboxylic acids is 2. The van der Waals surface area contributed by atoms with Crippen molar-refractivity contribution in [2.75, 3.05) is 18.0 Å². The van der Waals surface area contributed by atoms with Crippen LogP contribution in [0.1, 0.15) is 30.4 Å². The van der Waals surface area contributed by atoms with Crippen molar-refractivity contribution in [3.8, 4) is 0 Å². The summed E-state index contributed by atoms with van der Waals surface area (Å²) in [5.74, 6) is -2.90. The van der Waals surface area contributed by atoms with Gasteiger partial charge in [-0.15, -0.1) is 0 Å². The van der Waals surface area contributed by atoms with E-state index in [1.54, 1.807) is 22.8 Å². The number of quaternary nitrogens is 2. The molecule has 10 nitrogen and oxygen atoms in total. The predicted molar refractivity (Wildman–Crippen MR) is 132 cm³/mol. The van der Waals surface area contributed by atoms with Crippen molar-refractivity contribution >= 4 is 29.5 Å². The normalized spacial score (nSPS) is 22.1. The number of para-hydroxylation sites is 1. The number of rotatable bonds is 10. The molecule has 10 heteroatoms. The number of aliphatic carboxylic acids is 2. The van der Waals surface area contributed by atoms with Gasteiger partial charge in [0.05, 0.1) is 6.42 Å². The van der Waals surface area contributed by atoms with Gasteiger partial charge in [-0.2, -0.15) is 0 Å². The number of hydrogen-bond acceptors (Lipinski definition) is 5. The number of nitrogens with two attached hydrogens (primary N) is 2. The second kappa shape index (κ2) is 12.0. The van der Waals surface area contributed by atoms with Gasteiger partial charge in [0, 0.05) is 18.5 Å². The van der Waals surface area contributed by atoms with Crippen molar-refractivity contribution in [1.29, 1.82) is 0 Å². The largest absolute Gasteiger partial charge is 0.480 e. The molecule has 1 amide bonds. The lowest BCUT2D eigenvalue weighted by Gasteiger charge is -2.25. The van der Waals surface area contributed by atoms with Gasteiger partial charge in [-0.25, -0.2) is 9.59 Å². The maximum Gasteiger partial charge on any atom is 0.365 e. The molecule has 0 aromatic heterocycles. The van der Waals surface area contributed by atoms with E-state index >= 15 is 0 Å². The van der Waals surface area contributed by atoms with Crippen LogP contribution in [-0.2, 0) is 36.8 Å². The van der Waals surface area contributed by atoms with Gasteiger partial charge in [0.1, 0.15) is 13.1 Å². The lowest BCUT2D eigenvalue weighted by Crippen LogP contribution is -2.99. The van der Waals surface area contributed by atoms with Crippen LogP contribution in [0, 0.1) is 0 Å². The van der Waals surface area contributed by atoms with Crippen LogP contribution in [0.25, 0.3) is 0 Å². The fourth-order valence-electron chi connectivity index (χ4n) is 5.10. The molecule has 4 atom stereocenters. The van der Waals surface area contributed by atoms with E-state index in [0.717, 1.165) is 11.1 Å². The first-order chi connectivity index (χ1) is 17.8. The second-order valence-corrected chi connectivity index (χ2v) is 9.63. The number of amides is 1. The molecule has 0 radical (unpaired) electrons. The highest BCUT2D eigenvalue weighted by Gasteiger charge is 2.40. The number of hydrogen-bond donors (Lipinski definition) is 4. The summed E-state index contributed by atoms with van der Waals surface area (Å²) in [6.45, 7) is -0.0913. The predicted octanol–water partition coefficient (Wildman–Crippen LogP) is -0.684. The SMILES string of the molecule is O=C(O)CN1C(=O)[C@H]([NH2+][C@@H](CCc2ccccc2)C(=O)O[C@H]2C[NH2+][C@H](C(=O)O)C2)CCc2ccccc21. The molecule has 0 unspecified atom stereocenters. The van der Waals surface area contributed by atoms with Crippen LogP contribution in [0.4, 0.5) is 5.69 Å². The highest BCUT2D eigenvalue weighted by atomic mass is 16.5. The van der Waals surface area contributed by atoms with Gasteiger partial charge >= 0.3 is 17.9 Å². The number of carboxylic acid groups (broad SMARTS) is 2. The molecule has 1 saturated heterocycles. The fraction of sp³-hybridized carbons (Fsp3) is 0.407. The van der Waals surface area contributed by atoms with E-state index in [1.807, 2.05) is 42.5 Å². The number of carbonyl (C=O) groups is 4. The number of benzene rings is 2. The average Bonchev–Trinajstić information content (AvgIpc) is 3.31. The van der Waals surface area contributed by atoms with Gasteiger partial charge in [-0.1, -0.05) is 48.5 Å². The van der Waals surface area contributed by atoms with Crippen LogP contribution >= 0.6 is 0 Å². The minimum Gasteiger partial charge on any atom is -0.480 e. The number of ether oxygens (including phenoxy) is 1. The van der Waals surface area contributed by atoms with Crippen molar-refractivity contribution in [3.63, 3.8) is 0 Å². The summed E-state index contributed by atoms with van der Waals surface area (Å²) < 4.78 is 5.72. The number of esters is 1. The maximum absolute atomic E-state index is 13.5. The van der Waals surface area contributed by atoms with E-state index < -0.39 is 48.7 Å². The molecule has 0 bridgehead atoms. The third-order valence-electron chi connectivity index (χ3n) is 7.04. The summed E-state index contributed by atoms with van der Waals surface area (Å²) in [6, 6.07) is 14.9. The maximum atomic E-state index is 13.5. The smallest absolute Gasteiger partial charge is 0.365 e. The Labute approximate surface area is 214 Å². The molecule has 2 aliphatic rings. The van der Waals surface area contributed by atoms with E-state index in [9.17, 15) is 29.4 Å². The summed E-state index contributed by atoms with van der Waals surface area (Å²) in [5, 5.41) is 22.1. The molecule has 2 aliphatic heterocycles. The lowest BCUT2D eigenvalue weighted by atomic mass is 10.0. The number of anilines is 1. The Morgan fingerprint density at radius 1 is 1.08 bits per heavy atom. The van der Waals surface area contributed by atoms with Crippen molar-refractivity contribution in [2.45, 2.75) is 56.3 Å². The summed E-state index contributed by atoms with van der Waals surface area (Å²) in [6.07, 6.45) is 1.73. The molecular formula is C27H33N3O7+2. The number of carboxylic acids is 2.